The number of aliphatic hydroxyl groups excluding tert-OH is 1. The van der Waals surface area contributed by atoms with Gasteiger partial charge in [0.25, 0.3) is 0 Å². The first-order valence-corrected chi connectivity index (χ1v) is 4.04. The zero-order valence-electron chi connectivity index (χ0n) is 8.50. The predicted molar refractivity (Wildman–Crippen MR) is 44.6 cm³/mol. The van der Waals surface area contributed by atoms with Crippen molar-refractivity contribution in [1.29, 1.82) is 0 Å². The normalized spacial score (nSPS) is 12.8. The van der Waals surface area contributed by atoms with Gasteiger partial charge in [0.2, 0.25) is 0 Å². The monoisotopic (exact) mass is 261 g/mol. The molecular weight excluding hydrogens is 253 g/mol. The van der Waals surface area contributed by atoms with Crippen LogP contribution in [0.5, 0.6) is 0 Å². The van der Waals surface area contributed by atoms with Gasteiger partial charge in [-0.15, -0.1) is 12.0 Å². The van der Waals surface area contributed by atoms with Gasteiger partial charge in [0.1, 0.15) is 6.10 Å². The second-order valence-corrected chi connectivity index (χ2v) is 2.82. The van der Waals surface area contributed by atoms with Crippen molar-refractivity contribution in [3.8, 4) is 0 Å². The number of aromatic nitrogens is 1. The molecule has 2 nitrogen and oxygen atoms in total. The summed E-state index contributed by atoms with van der Waals surface area (Å²) < 4.78 is 48.7. The average molecular weight is 261 g/mol. The molecule has 0 aliphatic carbocycles. The van der Waals surface area contributed by atoms with Crippen LogP contribution in [0, 0.1) is 5.92 Å². The summed E-state index contributed by atoms with van der Waals surface area (Å²) >= 11 is 0. The molecule has 1 rings (SSSR count). The third kappa shape index (κ3) is 4.31. The number of pyridine rings is 1. The quantitative estimate of drug-likeness (QED) is 0.426. The molecule has 1 atom stereocenters. The van der Waals surface area contributed by atoms with Crippen LogP contribution in [0.15, 0.2) is 24.4 Å². The first-order valence-electron chi connectivity index (χ1n) is 4.04. The maximum absolute atomic E-state index is 12.4. The van der Waals surface area contributed by atoms with Gasteiger partial charge >= 0.3 is 57.6 Å². The smallest absolute Gasteiger partial charge is 0.397 e. The molecular formula is C9H8F4KNO. The summed E-state index contributed by atoms with van der Waals surface area (Å²) in [5.41, 5.74) is -0.190. The van der Waals surface area contributed by atoms with E-state index in [-0.39, 0.29) is 57.1 Å². The van der Waals surface area contributed by atoms with Crippen molar-refractivity contribution in [1.82, 2.24) is 4.98 Å². The van der Waals surface area contributed by atoms with Gasteiger partial charge in [-0.2, -0.15) is 19.2 Å². The maximum atomic E-state index is 12.4. The van der Waals surface area contributed by atoms with Gasteiger partial charge in [-0.1, -0.05) is 11.8 Å². The first kappa shape index (κ1) is 16.3. The molecule has 0 saturated carbocycles. The Kier molecular flexibility index (Phi) is 7.07. The first-order chi connectivity index (χ1) is 6.96. The predicted octanol–water partition coefficient (Wildman–Crippen LogP) is -1.10. The van der Waals surface area contributed by atoms with E-state index < -0.39 is 24.9 Å². The molecule has 0 radical (unpaired) electrons. The van der Waals surface area contributed by atoms with Gasteiger partial charge in [0.15, 0.2) is 0 Å². The minimum absolute atomic E-state index is 0. The van der Waals surface area contributed by atoms with Crippen molar-refractivity contribution < 1.29 is 74.1 Å². The van der Waals surface area contributed by atoms with Crippen LogP contribution in [0.4, 0.5) is 17.6 Å². The topological polar surface area (TPSA) is 33.1 Å². The van der Waals surface area contributed by atoms with E-state index in [9.17, 15) is 17.6 Å². The molecule has 0 amide bonds. The fraction of sp³-hybridized carbons (Fsp3) is 0.333. The standard InChI is InChI=1S/C9H8F4NO.K/c10-5-6(8(15)9(11,12)13)7-3-1-2-4-14-7;/h1-4,8,15H,5H2;/q-1;+1. The number of nitrogens with zero attached hydrogens (tertiary/aromatic N) is 1. The zero-order chi connectivity index (χ0) is 11.5. The average Bonchev–Trinajstić information content (AvgIpc) is 2.19. The van der Waals surface area contributed by atoms with Crippen LogP contribution in [0.25, 0.3) is 0 Å². The molecule has 1 aromatic heterocycles. The molecule has 0 spiro atoms. The van der Waals surface area contributed by atoms with E-state index in [4.69, 9.17) is 5.11 Å². The van der Waals surface area contributed by atoms with Crippen LogP contribution in [-0.4, -0.2) is 29.0 Å². The minimum atomic E-state index is -4.88. The molecule has 0 aromatic carbocycles. The van der Waals surface area contributed by atoms with E-state index in [1.54, 1.807) is 0 Å². The van der Waals surface area contributed by atoms with Gasteiger partial charge in [-0.25, -0.2) is 0 Å². The Balaban J connectivity index is 0.00000225. The van der Waals surface area contributed by atoms with E-state index in [2.05, 4.69) is 4.98 Å². The number of rotatable bonds is 3. The van der Waals surface area contributed by atoms with Crippen LogP contribution >= 0.6 is 0 Å². The van der Waals surface area contributed by atoms with Crippen LogP contribution < -0.4 is 51.4 Å². The molecule has 0 fully saturated rings. The summed E-state index contributed by atoms with van der Waals surface area (Å²) in [4.78, 5) is 3.55. The number of alkyl halides is 4. The van der Waals surface area contributed by atoms with Crippen molar-refractivity contribution >= 4 is 0 Å². The molecule has 1 heterocycles. The van der Waals surface area contributed by atoms with E-state index >= 15 is 0 Å². The summed E-state index contributed by atoms with van der Waals surface area (Å²) in [7, 11) is 0. The number of aliphatic hydroxyl groups is 1. The Bertz CT molecular complexity index is 306. The fourth-order valence-corrected chi connectivity index (χ4v) is 1.03. The summed E-state index contributed by atoms with van der Waals surface area (Å²) in [5.74, 6) is -0.775. The van der Waals surface area contributed by atoms with E-state index in [1.165, 1.54) is 24.4 Å². The summed E-state index contributed by atoms with van der Waals surface area (Å²) in [5, 5.41) is 8.86. The second-order valence-electron chi connectivity index (χ2n) is 2.82. The Morgan fingerprint density at radius 2 is 2.00 bits per heavy atom. The fourth-order valence-electron chi connectivity index (χ4n) is 1.03. The third-order valence-electron chi connectivity index (χ3n) is 1.78. The Hall–Kier alpha value is 0.336. The van der Waals surface area contributed by atoms with Crippen LogP contribution in [0.3, 0.4) is 0 Å². The molecule has 1 N–H and O–H groups in total. The maximum Gasteiger partial charge on any atom is 1.00 e. The van der Waals surface area contributed by atoms with Crippen molar-refractivity contribution in [2.75, 3.05) is 6.67 Å². The molecule has 7 heteroatoms. The summed E-state index contributed by atoms with van der Waals surface area (Å²) in [6.45, 7) is -1.39. The van der Waals surface area contributed by atoms with Crippen molar-refractivity contribution in [2.24, 2.45) is 0 Å². The minimum Gasteiger partial charge on any atom is -0.397 e. The van der Waals surface area contributed by atoms with Gasteiger partial charge < -0.3 is 5.11 Å². The van der Waals surface area contributed by atoms with E-state index in [1.807, 2.05) is 0 Å². The molecule has 0 aliphatic rings. The second kappa shape index (κ2) is 6.92. The summed E-state index contributed by atoms with van der Waals surface area (Å²) in [6.07, 6.45) is -6.45. The van der Waals surface area contributed by atoms with Gasteiger partial charge in [-0.3, -0.25) is 9.37 Å². The van der Waals surface area contributed by atoms with Crippen molar-refractivity contribution in [3.63, 3.8) is 0 Å². The molecule has 0 aliphatic heterocycles. The SMILES string of the molecule is OC([C-](CF)c1ccccn1)C(F)(F)F.[K+]. The van der Waals surface area contributed by atoms with Gasteiger partial charge in [-0.05, 0) is 0 Å². The van der Waals surface area contributed by atoms with Gasteiger partial charge in [0.05, 0.1) is 6.67 Å². The molecule has 1 unspecified atom stereocenters. The Labute approximate surface area is 132 Å². The molecule has 84 valence electrons. The Morgan fingerprint density at radius 3 is 2.38 bits per heavy atom. The summed E-state index contributed by atoms with van der Waals surface area (Å²) in [6, 6.07) is 4.12. The zero-order valence-corrected chi connectivity index (χ0v) is 11.6. The van der Waals surface area contributed by atoms with Crippen LogP contribution in [0.1, 0.15) is 5.69 Å². The van der Waals surface area contributed by atoms with E-state index in [0.717, 1.165) is 0 Å². The molecule has 1 aromatic rings. The van der Waals surface area contributed by atoms with Crippen molar-refractivity contribution in [2.45, 2.75) is 12.3 Å². The third-order valence-corrected chi connectivity index (χ3v) is 1.78. The Morgan fingerprint density at radius 1 is 1.38 bits per heavy atom. The number of halogens is 4. The van der Waals surface area contributed by atoms with Crippen molar-refractivity contribution in [3.05, 3.63) is 36.0 Å². The molecule has 0 saturated heterocycles. The van der Waals surface area contributed by atoms with E-state index in [0.29, 0.717) is 0 Å². The van der Waals surface area contributed by atoms with Gasteiger partial charge in [0, 0.05) is 6.20 Å². The molecule has 0 bridgehead atoms. The number of hydrogen-bond donors (Lipinski definition) is 1. The van der Waals surface area contributed by atoms with Crippen LogP contribution in [0.2, 0.25) is 0 Å². The number of hydrogen-bond acceptors (Lipinski definition) is 2. The largest absolute Gasteiger partial charge is 1.00 e. The van der Waals surface area contributed by atoms with Crippen LogP contribution in [-0.2, 0) is 0 Å². The molecule has 16 heavy (non-hydrogen) atoms.